The number of rotatable bonds is 1. The molecule has 2 aromatic rings. The molecular weight excluding hydrogens is 410 g/mol. The van der Waals surface area contributed by atoms with Gasteiger partial charge in [0.2, 0.25) is 5.90 Å². The van der Waals surface area contributed by atoms with Crippen LogP contribution in [0.4, 0.5) is 5.69 Å². The normalized spacial score (nSPS) is 20.2. The Labute approximate surface area is 144 Å². The number of aliphatic imine (C=N–C) groups is 1. The van der Waals surface area contributed by atoms with Crippen LogP contribution in [0.15, 0.2) is 58.0 Å². The van der Waals surface area contributed by atoms with Crippen molar-refractivity contribution in [2.75, 3.05) is 0 Å². The first kappa shape index (κ1) is 13.9. The molecule has 2 aliphatic rings. The monoisotopic (exact) mass is 417 g/mol. The van der Waals surface area contributed by atoms with Crippen molar-refractivity contribution in [2.45, 2.75) is 4.83 Å². The lowest BCUT2D eigenvalue weighted by Gasteiger charge is -2.07. The zero-order valence-electron chi connectivity index (χ0n) is 11.2. The van der Waals surface area contributed by atoms with E-state index in [4.69, 9.17) is 4.74 Å². The summed E-state index contributed by atoms with van der Waals surface area (Å²) in [7, 11) is 0. The summed E-state index contributed by atoms with van der Waals surface area (Å²) in [6.07, 6.45) is 2.94. The molecule has 1 aliphatic carbocycles. The molecule has 22 heavy (non-hydrogen) atoms. The van der Waals surface area contributed by atoms with Crippen LogP contribution in [0.5, 0.6) is 0 Å². The van der Waals surface area contributed by atoms with Gasteiger partial charge in [0.15, 0.2) is 0 Å². The van der Waals surface area contributed by atoms with Crippen molar-refractivity contribution < 1.29 is 9.53 Å². The number of halogens is 2. The molecule has 0 fully saturated rings. The first-order valence-electron chi connectivity index (χ1n) is 6.69. The van der Waals surface area contributed by atoms with Crippen LogP contribution in [0.3, 0.4) is 0 Å². The zero-order chi connectivity index (χ0) is 15.3. The van der Waals surface area contributed by atoms with E-state index in [9.17, 15) is 4.79 Å². The number of hydrogen-bond donors (Lipinski definition) is 0. The van der Waals surface area contributed by atoms with Crippen LogP contribution in [0.2, 0.25) is 0 Å². The predicted molar refractivity (Wildman–Crippen MR) is 92.7 cm³/mol. The molecule has 0 aromatic heterocycles. The third-order valence-corrected chi connectivity index (χ3v) is 5.34. The van der Waals surface area contributed by atoms with E-state index in [1.165, 1.54) is 22.8 Å². The third-order valence-electron chi connectivity index (χ3n) is 3.71. The Morgan fingerprint density at radius 1 is 1.05 bits per heavy atom. The van der Waals surface area contributed by atoms with Gasteiger partial charge in [-0.3, -0.25) is 0 Å². The Kier molecular flexibility index (Phi) is 3.27. The van der Waals surface area contributed by atoms with Gasteiger partial charge in [-0.25, -0.2) is 9.79 Å². The number of alkyl halides is 1. The predicted octanol–water partition coefficient (Wildman–Crippen LogP) is 5.06. The maximum atomic E-state index is 11.1. The Morgan fingerprint density at radius 2 is 1.86 bits per heavy atom. The quantitative estimate of drug-likeness (QED) is 0.479. The van der Waals surface area contributed by atoms with E-state index in [0.29, 0.717) is 5.90 Å². The Hall–Kier alpha value is -1.72. The van der Waals surface area contributed by atoms with Crippen LogP contribution in [0.1, 0.15) is 16.0 Å². The molecule has 0 radical (unpaired) electrons. The van der Waals surface area contributed by atoms with Gasteiger partial charge in [0.1, 0.15) is 0 Å². The molecule has 1 atom stereocenters. The molecule has 1 heterocycles. The lowest BCUT2D eigenvalue weighted by molar-refractivity contribution is -0.129. The molecule has 1 aliphatic heterocycles. The number of carbonyl (C=O) groups is 1. The van der Waals surface area contributed by atoms with Gasteiger partial charge in [-0.15, -0.1) is 0 Å². The average molecular weight is 419 g/mol. The van der Waals surface area contributed by atoms with Crippen LogP contribution in [-0.2, 0) is 9.53 Å². The van der Waals surface area contributed by atoms with Crippen LogP contribution >= 0.6 is 31.9 Å². The first-order valence-corrected chi connectivity index (χ1v) is 8.40. The minimum atomic E-state index is -0.387. The molecule has 108 valence electrons. The van der Waals surface area contributed by atoms with Crippen molar-refractivity contribution in [1.29, 1.82) is 0 Å². The molecule has 0 amide bonds. The number of benzene rings is 2. The van der Waals surface area contributed by atoms with Crippen LogP contribution in [0, 0.1) is 0 Å². The number of nitrogens with zero attached hydrogens (tertiary/aromatic N) is 1. The minimum absolute atomic E-state index is 0.146. The number of esters is 1. The highest BCUT2D eigenvalue weighted by molar-refractivity contribution is 9.10. The minimum Gasteiger partial charge on any atom is -0.404 e. The van der Waals surface area contributed by atoms with Gasteiger partial charge in [-0.05, 0) is 50.3 Å². The molecule has 1 unspecified atom stereocenters. The van der Waals surface area contributed by atoms with Crippen molar-refractivity contribution in [2.24, 2.45) is 4.99 Å². The summed E-state index contributed by atoms with van der Waals surface area (Å²) >= 11 is 7.31. The number of cyclic esters (lactones) is 1. The van der Waals surface area contributed by atoms with Crippen LogP contribution < -0.4 is 0 Å². The molecule has 0 spiro atoms. The molecule has 4 rings (SSSR count). The molecule has 2 aromatic carbocycles. The second kappa shape index (κ2) is 5.18. The van der Waals surface area contributed by atoms with Crippen molar-refractivity contribution in [3.63, 3.8) is 0 Å². The van der Waals surface area contributed by atoms with Gasteiger partial charge in [0, 0.05) is 16.6 Å². The van der Waals surface area contributed by atoms with E-state index in [-0.39, 0.29) is 10.8 Å². The number of carbonyl (C=O) groups excluding carboxylic acids is 1. The zero-order valence-corrected chi connectivity index (χ0v) is 14.4. The van der Waals surface area contributed by atoms with E-state index in [2.05, 4.69) is 55.1 Å². The maximum Gasteiger partial charge on any atom is 0.337 e. The fraction of sp³-hybridized carbons (Fsp3) is 0.0588. The Bertz CT molecular complexity index is 871. The highest BCUT2D eigenvalue weighted by Crippen LogP contribution is 2.50. The van der Waals surface area contributed by atoms with Gasteiger partial charge in [-0.2, -0.15) is 0 Å². The number of hydrogen-bond acceptors (Lipinski definition) is 3. The SMILES string of the molecule is O=C1C=CC(=Nc2cc3c(cc2Br)-c2ccccc2C3Br)O1. The average Bonchev–Trinajstić information content (AvgIpc) is 3.04. The number of fused-ring (bicyclic) bond motifs is 3. The van der Waals surface area contributed by atoms with Crippen molar-refractivity contribution in [3.05, 3.63) is 64.1 Å². The lowest BCUT2D eigenvalue weighted by atomic mass is 10.1. The topological polar surface area (TPSA) is 38.7 Å². The fourth-order valence-electron chi connectivity index (χ4n) is 2.73. The third kappa shape index (κ3) is 2.16. The van der Waals surface area contributed by atoms with E-state index in [1.807, 2.05) is 18.2 Å². The van der Waals surface area contributed by atoms with Gasteiger partial charge in [0.25, 0.3) is 0 Å². The second-order valence-electron chi connectivity index (χ2n) is 5.05. The summed E-state index contributed by atoms with van der Waals surface area (Å²) in [5, 5.41) is 0. The fourth-order valence-corrected chi connectivity index (χ4v) is 3.94. The van der Waals surface area contributed by atoms with Crippen LogP contribution in [-0.4, -0.2) is 11.9 Å². The summed E-state index contributed by atoms with van der Waals surface area (Å²) < 4.78 is 5.86. The second-order valence-corrected chi connectivity index (χ2v) is 6.82. The lowest BCUT2D eigenvalue weighted by Crippen LogP contribution is -1.98. The van der Waals surface area contributed by atoms with E-state index >= 15 is 0 Å². The summed E-state index contributed by atoms with van der Waals surface area (Å²) in [5.41, 5.74) is 5.57. The standard InChI is InChI=1S/C17H9Br2NO2/c18-13-7-11-9-3-1-2-4-10(9)17(19)12(11)8-14(13)20-15-5-6-16(21)22-15/h1-8,17H. The van der Waals surface area contributed by atoms with Gasteiger partial charge in [0.05, 0.1) is 10.5 Å². The Balaban J connectivity index is 1.83. The Morgan fingerprint density at radius 3 is 2.64 bits per heavy atom. The molecule has 3 nitrogen and oxygen atoms in total. The summed E-state index contributed by atoms with van der Waals surface area (Å²) in [4.78, 5) is 15.7. The molecular formula is C17H9Br2NO2. The molecule has 0 saturated heterocycles. The molecule has 0 bridgehead atoms. The smallest absolute Gasteiger partial charge is 0.337 e. The molecule has 0 N–H and O–H groups in total. The summed E-state index contributed by atoms with van der Waals surface area (Å²) in [5.74, 6) is -0.0749. The van der Waals surface area contributed by atoms with Gasteiger partial charge in [-0.1, -0.05) is 40.2 Å². The summed E-state index contributed by atoms with van der Waals surface area (Å²) in [6, 6.07) is 12.4. The highest BCUT2D eigenvalue weighted by atomic mass is 79.9. The van der Waals surface area contributed by atoms with Gasteiger partial charge < -0.3 is 4.74 Å². The first-order chi connectivity index (χ1) is 10.6. The van der Waals surface area contributed by atoms with Crippen molar-refractivity contribution in [1.82, 2.24) is 0 Å². The summed E-state index contributed by atoms with van der Waals surface area (Å²) in [6.45, 7) is 0. The molecule has 5 heteroatoms. The van der Waals surface area contributed by atoms with E-state index < -0.39 is 0 Å². The van der Waals surface area contributed by atoms with Crippen molar-refractivity contribution in [3.8, 4) is 11.1 Å². The maximum absolute atomic E-state index is 11.1. The molecule has 0 saturated carbocycles. The van der Waals surface area contributed by atoms with Crippen LogP contribution in [0.25, 0.3) is 11.1 Å². The van der Waals surface area contributed by atoms with Gasteiger partial charge >= 0.3 is 5.97 Å². The largest absolute Gasteiger partial charge is 0.404 e. The van der Waals surface area contributed by atoms with Crippen molar-refractivity contribution >= 4 is 49.4 Å². The number of ether oxygens (including phenoxy) is 1. The van der Waals surface area contributed by atoms with E-state index in [0.717, 1.165) is 15.7 Å². The highest BCUT2D eigenvalue weighted by Gasteiger charge is 2.27. The van der Waals surface area contributed by atoms with E-state index in [1.54, 1.807) is 6.08 Å².